The monoisotopic (exact) mass is 199 g/mol. The van der Waals surface area contributed by atoms with E-state index in [9.17, 15) is 4.79 Å². The highest BCUT2D eigenvalue weighted by Gasteiger charge is 2.39. The Bertz CT molecular complexity index is 213. The number of nitrogens with one attached hydrogen (secondary N) is 1. The Labute approximate surface area is 85.9 Å². The molecule has 14 heavy (non-hydrogen) atoms. The van der Waals surface area contributed by atoms with Crippen molar-refractivity contribution in [2.75, 3.05) is 6.61 Å². The molecule has 0 aromatic carbocycles. The number of aliphatic hydroxyl groups is 1. The zero-order valence-corrected chi connectivity index (χ0v) is 9.34. The standard InChI is InChI=1S/C11H21NO2/c1-8(7-13)12-10(14)9-5-4-6-11(9,2)3/h8-9,13H,4-7H2,1-3H3,(H,12,14)/t8-,9?/m1/s1. The van der Waals surface area contributed by atoms with Crippen molar-refractivity contribution in [1.29, 1.82) is 0 Å². The largest absolute Gasteiger partial charge is 0.394 e. The van der Waals surface area contributed by atoms with Gasteiger partial charge in [-0.3, -0.25) is 4.79 Å². The Balaban J connectivity index is 2.52. The van der Waals surface area contributed by atoms with Crippen LogP contribution in [0.5, 0.6) is 0 Å². The maximum atomic E-state index is 11.8. The number of hydrogen-bond donors (Lipinski definition) is 2. The molecule has 1 fully saturated rings. The minimum Gasteiger partial charge on any atom is -0.394 e. The van der Waals surface area contributed by atoms with Crippen molar-refractivity contribution in [3.8, 4) is 0 Å². The van der Waals surface area contributed by atoms with Crippen LogP contribution in [0.4, 0.5) is 0 Å². The zero-order chi connectivity index (χ0) is 10.8. The summed E-state index contributed by atoms with van der Waals surface area (Å²) in [5, 5.41) is 11.7. The number of carbonyl (C=O) groups excluding carboxylic acids is 1. The highest BCUT2D eigenvalue weighted by Crippen LogP contribution is 2.42. The van der Waals surface area contributed by atoms with Gasteiger partial charge in [0.25, 0.3) is 0 Å². The fraction of sp³-hybridized carbons (Fsp3) is 0.909. The van der Waals surface area contributed by atoms with Crippen LogP contribution in [0.3, 0.4) is 0 Å². The van der Waals surface area contributed by atoms with Crippen molar-refractivity contribution in [3.63, 3.8) is 0 Å². The number of amides is 1. The molecule has 1 amide bonds. The molecule has 0 bridgehead atoms. The predicted octanol–water partition coefficient (Wildman–Crippen LogP) is 1.31. The van der Waals surface area contributed by atoms with Crippen molar-refractivity contribution in [2.24, 2.45) is 11.3 Å². The third-order valence-electron chi connectivity index (χ3n) is 3.24. The molecule has 0 heterocycles. The minimum atomic E-state index is -0.126. The summed E-state index contributed by atoms with van der Waals surface area (Å²) >= 11 is 0. The molecule has 0 saturated heterocycles. The highest BCUT2D eigenvalue weighted by molar-refractivity contribution is 5.80. The van der Waals surface area contributed by atoms with E-state index in [4.69, 9.17) is 5.11 Å². The molecule has 0 aromatic heterocycles. The normalized spacial score (nSPS) is 27.3. The van der Waals surface area contributed by atoms with Crippen LogP contribution in [0.1, 0.15) is 40.0 Å². The second-order valence-electron chi connectivity index (χ2n) is 5.03. The third-order valence-corrected chi connectivity index (χ3v) is 3.24. The second kappa shape index (κ2) is 4.30. The molecular weight excluding hydrogens is 178 g/mol. The lowest BCUT2D eigenvalue weighted by molar-refractivity contribution is -0.128. The average molecular weight is 199 g/mol. The van der Waals surface area contributed by atoms with E-state index < -0.39 is 0 Å². The van der Waals surface area contributed by atoms with Crippen LogP contribution < -0.4 is 5.32 Å². The molecule has 3 nitrogen and oxygen atoms in total. The molecule has 1 rings (SSSR count). The van der Waals surface area contributed by atoms with E-state index in [0.717, 1.165) is 19.3 Å². The van der Waals surface area contributed by atoms with Crippen LogP contribution in [0.2, 0.25) is 0 Å². The van der Waals surface area contributed by atoms with Gasteiger partial charge in [0.05, 0.1) is 6.61 Å². The van der Waals surface area contributed by atoms with Gasteiger partial charge in [0.1, 0.15) is 0 Å². The van der Waals surface area contributed by atoms with Gasteiger partial charge in [-0.1, -0.05) is 20.3 Å². The molecule has 1 aliphatic rings. The van der Waals surface area contributed by atoms with Crippen molar-refractivity contribution in [1.82, 2.24) is 5.32 Å². The highest BCUT2D eigenvalue weighted by atomic mass is 16.3. The van der Waals surface area contributed by atoms with E-state index in [1.807, 2.05) is 6.92 Å². The number of hydrogen-bond acceptors (Lipinski definition) is 2. The van der Waals surface area contributed by atoms with Gasteiger partial charge in [0.15, 0.2) is 0 Å². The Morgan fingerprint density at radius 2 is 2.29 bits per heavy atom. The lowest BCUT2D eigenvalue weighted by Crippen LogP contribution is -2.42. The first kappa shape index (κ1) is 11.5. The summed E-state index contributed by atoms with van der Waals surface area (Å²) in [4.78, 5) is 11.8. The van der Waals surface area contributed by atoms with Crippen molar-refractivity contribution >= 4 is 5.91 Å². The van der Waals surface area contributed by atoms with Gasteiger partial charge >= 0.3 is 0 Å². The maximum absolute atomic E-state index is 11.8. The summed E-state index contributed by atoms with van der Waals surface area (Å²) in [5.41, 5.74) is 0.124. The molecule has 1 aliphatic carbocycles. The maximum Gasteiger partial charge on any atom is 0.223 e. The van der Waals surface area contributed by atoms with Crippen LogP contribution in [0.25, 0.3) is 0 Å². The fourth-order valence-corrected chi connectivity index (χ4v) is 2.20. The van der Waals surface area contributed by atoms with E-state index in [1.165, 1.54) is 0 Å². The fourth-order valence-electron chi connectivity index (χ4n) is 2.20. The van der Waals surface area contributed by atoms with Crippen LogP contribution in [-0.4, -0.2) is 23.7 Å². The van der Waals surface area contributed by atoms with Crippen LogP contribution in [-0.2, 0) is 4.79 Å². The van der Waals surface area contributed by atoms with E-state index in [-0.39, 0.29) is 29.9 Å². The van der Waals surface area contributed by atoms with E-state index in [1.54, 1.807) is 0 Å². The van der Waals surface area contributed by atoms with Crippen LogP contribution >= 0.6 is 0 Å². The molecule has 2 atom stereocenters. The third kappa shape index (κ3) is 2.47. The van der Waals surface area contributed by atoms with E-state index in [0.29, 0.717) is 0 Å². The molecule has 1 saturated carbocycles. The zero-order valence-electron chi connectivity index (χ0n) is 9.34. The molecule has 3 heteroatoms. The summed E-state index contributed by atoms with van der Waals surface area (Å²) in [6.45, 7) is 6.13. The van der Waals surface area contributed by atoms with E-state index in [2.05, 4.69) is 19.2 Å². The predicted molar refractivity (Wildman–Crippen MR) is 55.8 cm³/mol. The molecule has 2 N–H and O–H groups in total. The van der Waals surface area contributed by atoms with E-state index >= 15 is 0 Å². The van der Waals surface area contributed by atoms with Gasteiger partial charge in [-0.25, -0.2) is 0 Å². The van der Waals surface area contributed by atoms with Gasteiger partial charge in [-0.05, 0) is 25.2 Å². The van der Waals surface area contributed by atoms with Gasteiger partial charge in [-0.2, -0.15) is 0 Å². The summed E-state index contributed by atoms with van der Waals surface area (Å²) in [6, 6.07) is -0.126. The number of carbonyl (C=O) groups is 1. The molecule has 1 unspecified atom stereocenters. The molecule has 82 valence electrons. The quantitative estimate of drug-likeness (QED) is 0.720. The molecular formula is C11H21NO2. The van der Waals surface area contributed by atoms with Gasteiger partial charge in [0, 0.05) is 12.0 Å². The number of aliphatic hydroxyl groups excluding tert-OH is 1. The Morgan fingerprint density at radius 3 is 2.71 bits per heavy atom. The minimum absolute atomic E-state index is 0.0128. The molecule has 0 spiro atoms. The topological polar surface area (TPSA) is 49.3 Å². The first-order valence-corrected chi connectivity index (χ1v) is 5.38. The van der Waals surface area contributed by atoms with Gasteiger partial charge < -0.3 is 10.4 Å². The van der Waals surface area contributed by atoms with Gasteiger partial charge in [-0.15, -0.1) is 0 Å². The summed E-state index contributed by atoms with van der Waals surface area (Å²) in [6.07, 6.45) is 3.24. The Morgan fingerprint density at radius 1 is 1.64 bits per heavy atom. The van der Waals surface area contributed by atoms with Crippen LogP contribution in [0.15, 0.2) is 0 Å². The Kier molecular flexibility index (Phi) is 3.53. The number of rotatable bonds is 3. The first-order valence-electron chi connectivity index (χ1n) is 5.38. The summed E-state index contributed by atoms with van der Waals surface area (Å²) in [7, 11) is 0. The second-order valence-corrected chi connectivity index (χ2v) is 5.03. The van der Waals surface area contributed by atoms with Crippen molar-refractivity contribution in [3.05, 3.63) is 0 Å². The molecule has 0 aliphatic heterocycles. The molecule has 0 aromatic rings. The average Bonchev–Trinajstić information content (AvgIpc) is 2.45. The lowest BCUT2D eigenvalue weighted by atomic mass is 9.81. The smallest absolute Gasteiger partial charge is 0.223 e. The Hall–Kier alpha value is -0.570. The summed E-state index contributed by atoms with van der Waals surface area (Å²) < 4.78 is 0. The summed E-state index contributed by atoms with van der Waals surface area (Å²) in [5.74, 6) is 0.227. The first-order chi connectivity index (χ1) is 6.47. The van der Waals surface area contributed by atoms with Crippen molar-refractivity contribution in [2.45, 2.75) is 46.1 Å². The SMILES string of the molecule is C[C@H](CO)NC(=O)C1CCCC1(C)C. The lowest BCUT2D eigenvalue weighted by Gasteiger charge is -2.27. The van der Waals surface area contributed by atoms with Gasteiger partial charge in [0.2, 0.25) is 5.91 Å². The molecule has 0 radical (unpaired) electrons. The van der Waals surface area contributed by atoms with Crippen LogP contribution in [0, 0.1) is 11.3 Å². The van der Waals surface area contributed by atoms with Crippen molar-refractivity contribution < 1.29 is 9.90 Å².